The third-order valence-corrected chi connectivity index (χ3v) is 7.59. The van der Waals surface area contributed by atoms with Crippen molar-refractivity contribution < 1.29 is 17.9 Å². The average molecular weight is 544 g/mol. The Balaban J connectivity index is 0.00000256. The highest BCUT2D eigenvalue weighted by Crippen LogP contribution is 2.62. The normalized spacial score (nSPS) is 31.5. The fourth-order valence-electron chi connectivity index (χ4n) is 5.97. The molecule has 4 fully saturated rings. The Morgan fingerprint density at radius 1 is 1.20 bits per heavy atom. The minimum Gasteiger partial charge on any atom is -0.377 e. The lowest BCUT2D eigenvalue weighted by atomic mass is 9.46. The summed E-state index contributed by atoms with van der Waals surface area (Å²) in [6.07, 6.45) is 3.91. The third-order valence-electron chi connectivity index (χ3n) is 7.59. The number of nitrogens with one attached hydrogen (secondary N) is 2. The predicted octanol–water partition coefficient (Wildman–Crippen LogP) is 3.78. The molecule has 1 spiro atoms. The van der Waals surface area contributed by atoms with Crippen LogP contribution in [0.4, 0.5) is 13.2 Å². The molecule has 0 aromatic heterocycles. The molecule has 2 saturated carbocycles. The lowest BCUT2D eigenvalue weighted by Crippen LogP contribution is -2.72. The first-order valence-corrected chi connectivity index (χ1v) is 11.4. The fourth-order valence-corrected chi connectivity index (χ4v) is 5.97. The van der Waals surface area contributed by atoms with Crippen molar-refractivity contribution in [2.75, 3.05) is 39.3 Å². The quantitative estimate of drug-likeness (QED) is 0.304. The van der Waals surface area contributed by atoms with E-state index < -0.39 is 12.7 Å². The van der Waals surface area contributed by atoms with E-state index in [9.17, 15) is 13.2 Å². The minimum atomic E-state index is -4.09. The molecule has 4 aliphatic rings. The largest absolute Gasteiger partial charge is 0.401 e. The van der Waals surface area contributed by atoms with E-state index in [4.69, 9.17) is 9.73 Å². The zero-order chi connectivity index (χ0) is 20.5. The van der Waals surface area contributed by atoms with E-state index in [0.29, 0.717) is 42.5 Å². The van der Waals surface area contributed by atoms with Crippen LogP contribution < -0.4 is 10.6 Å². The summed E-state index contributed by atoms with van der Waals surface area (Å²) in [5.41, 5.74) is 0.322. The molecule has 0 amide bonds. The Hall–Kier alpha value is -0.290. The summed E-state index contributed by atoms with van der Waals surface area (Å²) < 4.78 is 43.6. The van der Waals surface area contributed by atoms with Crippen molar-refractivity contribution in [3.63, 3.8) is 0 Å². The molecule has 0 bridgehead atoms. The first-order valence-electron chi connectivity index (χ1n) is 11.4. The van der Waals surface area contributed by atoms with Crippen LogP contribution in [0, 0.1) is 17.3 Å². The minimum absolute atomic E-state index is 0. The van der Waals surface area contributed by atoms with Gasteiger partial charge in [-0.15, -0.1) is 24.0 Å². The summed E-state index contributed by atoms with van der Waals surface area (Å²) in [6.45, 7) is 4.82. The predicted molar refractivity (Wildman–Crippen MR) is 122 cm³/mol. The van der Waals surface area contributed by atoms with Gasteiger partial charge in [-0.3, -0.25) is 9.89 Å². The molecule has 174 valence electrons. The molecule has 2 N–H and O–H groups in total. The Labute approximate surface area is 195 Å². The Morgan fingerprint density at radius 3 is 2.53 bits per heavy atom. The maximum absolute atomic E-state index is 12.5. The number of piperidine rings is 1. The first kappa shape index (κ1) is 24.4. The van der Waals surface area contributed by atoms with Crippen LogP contribution in [0.3, 0.4) is 0 Å². The van der Waals surface area contributed by atoms with Crippen molar-refractivity contribution in [2.45, 2.75) is 70.2 Å². The van der Waals surface area contributed by atoms with Crippen molar-refractivity contribution in [1.29, 1.82) is 0 Å². The van der Waals surface area contributed by atoms with Crippen LogP contribution in [-0.4, -0.2) is 68.5 Å². The zero-order valence-electron chi connectivity index (χ0n) is 17.8. The van der Waals surface area contributed by atoms with E-state index in [1.165, 1.54) is 24.2 Å². The van der Waals surface area contributed by atoms with Gasteiger partial charge in [-0.2, -0.15) is 13.2 Å². The van der Waals surface area contributed by atoms with Crippen molar-refractivity contribution in [2.24, 2.45) is 22.2 Å². The summed E-state index contributed by atoms with van der Waals surface area (Å²) in [5, 5.41) is 7.10. The summed E-state index contributed by atoms with van der Waals surface area (Å²) in [4.78, 5) is 6.33. The third kappa shape index (κ3) is 5.19. The van der Waals surface area contributed by atoms with E-state index in [1.54, 1.807) is 0 Å². The number of alkyl halides is 3. The van der Waals surface area contributed by atoms with E-state index in [2.05, 4.69) is 17.6 Å². The second kappa shape index (κ2) is 10.1. The van der Waals surface area contributed by atoms with Crippen LogP contribution in [0.15, 0.2) is 4.99 Å². The van der Waals surface area contributed by atoms with E-state index >= 15 is 0 Å². The van der Waals surface area contributed by atoms with Crippen LogP contribution in [0.2, 0.25) is 0 Å². The second-order valence-electron chi connectivity index (χ2n) is 9.34. The molecule has 3 atom stereocenters. The average Bonchev–Trinajstić information content (AvgIpc) is 3.03. The van der Waals surface area contributed by atoms with Gasteiger partial charge in [-0.1, -0.05) is 6.42 Å². The number of hydrogen-bond donors (Lipinski definition) is 2. The summed E-state index contributed by atoms with van der Waals surface area (Å²) >= 11 is 0. The molecule has 5 nitrogen and oxygen atoms in total. The molecule has 2 aliphatic carbocycles. The maximum atomic E-state index is 12.5. The molecule has 2 aliphatic heterocycles. The molecule has 0 aromatic carbocycles. The number of rotatable bonds is 6. The molecule has 0 aromatic rings. The summed E-state index contributed by atoms with van der Waals surface area (Å²) in [6, 6.07) is 0.465. The first-order chi connectivity index (χ1) is 13.9. The van der Waals surface area contributed by atoms with Crippen molar-refractivity contribution >= 4 is 29.9 Å². The van der Waals surface area contributed by atoms with E-state index in [1.807, 2.05) is 0 Å². The lowest BCUT2D eigenvalue weighted by Gasteiger charge is -2.63. The monoisotopic (exact) mass is 544 g/mol. The molecule has 2 saturated heterocycles. The number of hydrogen-bond acceptors (Lipinski definition) is 3. The van der Waals surface area contributed by atoms with Gasteiger partial charge in [0, 0.05) is 37.1 Å². The molecule has 4 rings (SSSR count). The van der Waals surface area contributed by atoms with Gasteiger partial charge in [0.25, 0.3) is 0 Å². The van der Waals surface area contributed by atoms with Crippen LogP contribution in [-0.2, 0) is 4.74 Å². The number of halogens is 4. The molecule has 9 heteroatoms. The van der Waals surface area contributed by atoms with Gasteiger partial charge < -0.3 is 15.4 Å². The van der Waals surface area contributed by atoms with Crippen LogP contribution in [0.5, 0.6) is 0 Å². The van der Waals surface area contributed by atoms with Gasteiger partial charge in [0.2, 0.25) is 0 Å². The summed E-state index contributed by atoms with van der Waals surface area (Å²) in [5.74, 6) is 1.97. The highest BCUT2D eigenvalue weighted by Gasteiger charge is 2.66. The molecule has 3 unspecified atom stereocenters. The second-order valence-corrected chi connectivity index (χ2v) is 9.34. The van der Waals surface area contributed by atoms with Gasteiger partial charge in [0.15, 0.2) is 5.96 Å². The van der Waals surface area contributed by atoms with Gasteiger partial charge >= 0.3 is 6.18 Å². The SMILES string of the molecule is CCNC(=NCCC1CCN(CC(F)(F)F)CC1)NC1C2CCOC2C12CCC2.I. The number of fused-ring (bicyclic) bond motifs is 2. The highest BCUT2D eigenvalue weighted by molar-refractivity contribution is 14.0. The van der Waals surface area contributed by atoms with Crippen molar-refractivity contribution in [1.82, 2.24) is 15.5 Å². The number of nitrogens with zero attached hydrogens (tertiary/aromatic N) is 2. The Morgan fingerprint density at radius 2 is 1.93 bits per heavy atom. The Kier molecular flexibility index (Phi) is 8.20. The lowest BCUT2D eigenvalue weighted by molar-refractivity contribution is -0.171. The van der Waals surface area contributed by atoms with Crippen LogP contribution in [0.1, 0.15) is 51.9 Å². The fraction of sp³-hybridized carbons (Fsp3) is 0.952. The number of aliphatic imine (C=N–C) groups is 1. The summed E-state index contributed by atoms with van der Waals surface area (Å²) in [7, 11) is 0. The molecular weight excluding hydrogens is 508 g/mol. The molecule has 0 radical (unpaired) electrons. The van der Waals surface area contributed by atoms with Gasteiger partial charge in [0.05, 0.1) is 12.6 Å². The maximum Gasteiger partial charge on any atom is 0.401 e. The van der Waals surface area contributed by atoms with Crippen LogP contribution in [0.25, 0.3) is 0 Å². The number of guanidine groups is 1. The topological polar surface area (TPSA) is 48.9 Å². The molecule has 2 heterocycles. The Bertz CT molecular complexity index is 591. The zero-order valence-corrected chi connectivity index (χ0v) is 20.2. The highest BCUT2D eigenvalue weighted by atomic mass is 127. The number of ether oxygens (including phenoxy) is 1. The van der Waals surface area contributed by atoms with E-state index in [0.717, 1.165) is 51.3 Å². The van der Waals surface area contributed by atoms with E-state index in [-0.39, 0.29) is 24.0 Å². The smallest absolute Gasteiger partial charge is 0.377 e. The van der Waals surface area contributed by atoms with Crippen LogP contribution >= 0.6 is 24.0 Å². The van der Waals surface area contributed by atoms with Crippen molar-refractivity contribution in [3.05, 3.63) is 0 Å². The van der Waals surface area contributed by atoms with Gasteiger partial charge in [-0.25, -0.2) is 0 Å². The molecule has 30 heavy (non-hydrogen) atoms. The van der Waals surface area contributed by atoms with Gasteiger partial charge in [-0.05, 0) is 64.5 Å². The van der Waals surface area contributed by atoms with Gasteiger partial charge in [0.1, 0.15) is 0 Å². The standard InChI is InChI=1S/C21H35F3N4O.HI/c1-2-25-19(27-17-16-7-13-29-18(16)20(17)8-3-9-20)26-10-4-15-5-11-28(12-6-15)14-21(22,23)24;/h15-18H,2-14H2,1H3,(H2,25,26,27);1H. The number of likely N-dealkylation sites (tertiary alicyclic amines) is 1. The van der Waals surface area contributed by atoms with Crippen molar-refractivity contribution in [3.8, 4) is 0 Å². The molecular formula is C21H36F3IN4O.